The minimum atomic E-state index is -1.16. The first-order chi connectivity index (χ1) is 18.9. The molecule has 2 atom stereocenters. The largest absolute Gasteiger partial charge is 0.444 e. The molecular weight excluding hydrogens is 502 g/mol. The van der Waals surface area contributed by atoms with Gasteiger partial charge in [0.2, 0.25) is 0 Å². The summed E-state index contributed by atoms with van der Waals surface area (Å²) in [4.78, 5) is 41.9. The molecule has 0 radical (unpaired) electrons. The molecule has 40 heavy (non-hydrogen) atoms. The van der Waals surface area contributed by atoms with Crippen LogP contribution in [-0.2, 0) is 20.7 Å². The molecule has 0 aliphatic carbocycles. The van der Waals surface area contributed by atoms with Crippen LogP contribution < -0.4 is 10.6 Å². The van der Waals surface area contributed by atoms with Gasteiger partial charge in [0.15, 0.2) is 0 Å². The Kier molecular flexibility index (Phi) is 9.73. The van der Waals surface area contributed by atoms with Gasteiger partial charge in [-0.25, -0.2) is 4.79 Å². The van der Waals surface area contributed by atoms with Gasteiger partial charge in [-0.1, -0.05) is 79.2 Å². The van der Waals surface area contributed by atoms with E-state index in [1.807, 2.05) is 81.4 Å². The zero-order chi connectivity index (χ0) is 29.4. The third kappa shape index (κ3) is 7.73. The molecule has 0 spiro atoms. The molecule has 3 amide bonds. The van der Waals surface area contributed by atoms with Gasteiger partial charge in [-0.15, -0.1) is 0 Å². The van der Waals surface area contributed by atoms with E-state index >= 15 is 0 Å². The van der Waals surface area contributed by atoms with Gasteiger partial charge >= 0.3 is 6.09 Å². The number of nitrogens with one attached hydrogen (secondary N) is 2. The first-order valence-corrected chi connectivity index (χ1v) is 13.2. The van der Waals surface area contributed by atoms with Crippen molar-refractivity contribution in [2.75, 3.05) is 5.32 Å². The molecule has 2 unspecified atom stereocenters. The highest BCUT2D eigenvalue weighted by Gasteiger charge is 2.37. The van der Waals surface area contributed by atoms with E-state index in [4.69, 9.17) is 11.2 Å². The molecule has 208 valence electrons. The molecule has 0 bridgehead atoms. The number of alkyl carbamates (subject to hydrolysis) is 1. The number of benzene rings is 3. The van der Waals surface area contributed by atoms with E-state index in [1.54, 1.807) is 32.9 Å². The van der Waals surface area contributed by atoms with Gasteiger partial charge in [0.1, 0.15) is 17.7 Å². The van der Waals surface area contributed by atoms with Crippen LogP contribution in [0.4, 0.5) is 10.5 Å². The molecule has 0 saturated carbocycles. The zero-order valence-electron chi connectivity index (χ0n) is 23.9. The molecule has 3 rings (SSSR count). The van der Waals surface area contributed by atoms with Gasteiger partial charge in [-0.3, -0.25) is 14.5 Å². The lowest BCUT2D eigenvalue weighted by Crippen LogP contribution is -2.52. The van der Waals surface area contributed by atoms with Gasteiger partial charge in [0.25, 0.3) is 11.8 Å². The Morgan fingerprint density at radius 2 is 1.45 bits per heavy atom. The third-order valence-electron chi connectivity index (χ3n) is 6.37. The van der Waals surface area contributed by atoms with Crippen molar-refractivity contribution in [3.63, 3.8) is 0 Å². The molecule has 7 heteroatoms. The van der Waals surface area contributed by atoms with Crippen molar-refractivity contribution >= 4 is 23.6 Å². The maximum absolute atomic E-state index is 14.1. The topological polar surface area (TPSA) is 87.7 Å². The minimum absolute atomic E-state index is 0.149. The van der Waals surface area contributed by atoms with Crippen molar-refractivity contribution in [1.29, 1.82) is 0 Å². The number of amides is 3. The molecule has 3 aromatic carbocycles. The molecule has 7 nitrogen and oxygen atoms in total. The summed E-state index contributed by atoms with van der Waals surface area (Å²) in [5.41, 5.74) is 3.81. The van der Waals surface area contributed by atoms with Crippen LogP contribution in [0.1, 0.15) is 54.6 Å². The number of aryl methyl sites for hydroxylation is 3. The van der Waals surface area contributed by atoms with Gasteiger partial charge in [0.05, 0.1) is 0 Å². The second-order valence-corrected chi connectivity index (χ2v) is 10.7. The van der Waals surface area contributed by atoms with Crippen LogP contribution in [0, 0.1) is 33.2 Å². The normalized spacial score (nSPS) is 12.4. The molecule has 2 N–H and O–H groups in total. The average Bonchev–Trinajstić information content (AvgIpc) is 2.88. The first-order valence-electron chi connectivity index (χ1n) is 13.2. The second-order valence-electron chi connectivity index (χ2n) is 10.7. The number of carbonyl (C=O) groups excluding carboxylic acids is 3. The number of ether oxygens (including phenoxy) is 1. The number of hydrogen-bond acceptors (Lipinski definition) is 4. The smallest absolute Gasteiger partial charge is 0.408 e. The van der Waals surface area contributed by atoms with Crippen molar-refractivity contribution in [2.45, 2.75) is 65.6 Å². The number of carbonyl (C=O) groups is 3. The second kappa shape index (κ2) is 13.0. The van der Waals surface area contributed by atoms with Crippen LogP contribution in [0.25, 0.3) is 0 Å². The molecular formula is C33H37N3O4. The SMILES string of the molecule is C#CN(C(=O)C(Cc1ccccc1)NC(=O)OC(C)(C)C)C(C(=O)Nc1c(C)cccc1C)c1ccccc1C. The Labute approximate surface area is 236 Å². The number of para-hydroxylation sites is 1. The predicted octanol–water partition coefficient (Wildman–Crippen LogP) is 5.85. The van der Waals surface area contributed by atoms with Crippen molar-refractivity contribution in [1.82, 2.24) is 10.2 Å². The van der Waals surface area contributed by atoms with E-state index in [0.29, 0.717) is 11.3 Å². The van der Waals surface area contributed by atoms with E-state index in [9.17, 15) is 14.4 Å². The number of hydrogen-bond donors (Lipinski definition) is 2. The molecule has 0 saturated heterocycles. The van der Waals surface area contributed by atoms with Crippen molar-refractivity contribution in [3.8, 4) is 12.5 Å². The van der Waals surface area contributed by atoms with Crippen LogP contribution in [0.3, 0.4) is 0 Å². The predicted molar refractivity (Wildman–Crippen MR) is 157 cm³/mol. The fourth-order valence-corrected chi connectivity index (χ4v) is 4.43. The number of terminal acetylenes is 1. The lowest BCUT2D eigenvalue weighted by atomic mass is 9.97. The maximum Gasteiger partial charge on any atom is 0.408 e. The van der Waals surface area contributed by atoms with Crippen molar-refractivity contribution in [3.05, 3.63) is 101 Å². The quantitative estimate of drug-likeness (QED) is 0.278. The van der Waals surface area contributed by atoms with Crippen molar-refractivity contribution < 1.29 is 19.1 Å². The summed E-state index contributed by atoms with van der Waals surface area (Å²) in [6, 6.07) is 22.4. The summed E-state index contributed by atoms with van der Waals surface area (Å²) in [5.74, 6) is -1.07. The standard InChI is InChI=1S/C33H37N3O4/c1-8-36(31(38)27(21-25-18-10-9-11-19-25)34-32(39)40-33(5,6)7)29(26-20-13-12-15-22(26)2)30(37)35-28-23(3)16-14-17-24(28)4/h1,9-20,27,29H,21H2,2-7H3,(H,34,39)(H,35,37). The lowest BCUT2D eigenvalue weighted by Gasteiger charge is -2.31. The summed E-state index contributed by atoms with van der Waals surface area (Å²) >= 11 is 0. The molecule has 0 aromatic heterocycles. The number of nitrogens with zero attached hydrogens (tertiary/aromatic N) is 1. The maximum atomic E-state index is 14.1. The van der Waals surface area contributed by atoms with E-state index in [2.05, 4.69) is 16.7 Å². The molecule has 0 aliphatic heterocycles. The minimum Gasteiger partial charge on any atom is -0.444 e. The third-order valence-corrected chi connectivity index (χ3v) is 6.37. The van der Waals surface area contributed by atoms with E-state index < -0.39 is 35.6 Å². The highest BCUT2D eigenvalue weighted by Crippen LogP contribution is 2.28. The van der Waals surface area contributed by atoms with Gasteiger partial charge in [-0.2, -0.15) is 0 Å². The number of anilines is 1. The van der Waals surface area contributed by atoms with Crippen LogP contribution in [0.2, 0.25) is 0 Å². The molecule has 3 aromatic rings. The fraction of sp³-hybridized carbons (Fsp3) is 0.303. The van der Waals surface area contributed by atoms with Crippen molar-refractivity contribution in [2.24, 2.45) is 0 Å². The Balaban J connectivity index is 2.04. The van der Waals surface area contributed by atoms with Crippen LogP contribution in [-0.4, -0.2) is 34.5 Å². The van der Waals surface area contributed by atoms with Crippen LogP contribution in [0.5, 0.6) is 0 Å². The van der Waals surface area contributed by atoms with E-state index in [0.717, 1.165) is 27.2 Å². The summed E-state index contributed by atoms with van der Waals surface area (Å²) in [7, 11) is 0. The Bertz CT molecular complexity index is 1380. The molecule has 0 fully saturated rings. The summed E-state index contributed by atoms with van der Waals surface area (Å²) in [6.07, 6.45) is 5.34. The lowest BCUT2D eigenvalue weighted by molar-refractivity contribution is -0.136. The van der Waals surface area contributed by atoms with Gasteiger partial charge in [0, 0.05) is 18.2 Å². The first kappa shape index (κ1) is 30.0. The Morgan fingerprint density at radius 3 is 2.02 bits per heavy atom. The highest BCUT2D eigenvalue weighted by molar-refractivity contribution is 6.00. The summed E-state index contributed by atoms with van der Waals surface area (Å²) in [6.45, 7) is 10.9. The van der Waals surface area contributed by atoms with Gasteiger partial charge in [-0.05, 0) is 69.4 Å². The summed E-state index contributed by atoms with van der Waals surface area (Å²) < 4.78 is 5.43. The van der Waals surface area contributed by atoms with E-state index in [1.165, 1.54) is 0 Å². The highest BCUT2D eigenvalue weighted by atomic mass is 16.6. The average molecular weight is 540 g/mol. The number of rotatable bonds is 8. The van der Waals surface area contributed by atoms with Crippen LogP contribution in [0.15, 0.2) is 72.8 Å². The van der Waals surface area contributed by atoms with Crippen LogP contribution >= 0.6 is 0 Å². The van der Waals surface area contributed by atoms with E-state index in [-0.39, 0.29) is 6.42 Å². The summed E-state index contributed by atoms with van der Waals surface area (Å²) in [5, 5.41) is 5.68. The Hall–Kier alpha value is -4.57. The molecule has 0 heterocycles. The van der Waals surface area contributed by atoms with Gasteiger partial charge < -0.3 is 15.4 Å². The fourth-order valence-electron chi connectivity index (χ4n) is 4.43. The molecule has 0 aliphatic rings. The zero-order valence-corrected chi connectivity index (χ0v) is 23.9. The Morgan fingerprint density at radius 1 is 0.875 bits per heavy atom. The monoisotopic (exact) mass is 539 g/mol.